The lowest BCUT2D eigenvalue weighted by Gasteiger charge is -2.14. The normalized spacial score (nSPS) is 10.7. The lowest BCUT2D eigenvalue weighted by molar-refractivity contribution is 0.478. The van der Waals surface area contributed by atoms with Gasteiger partial charge in [0.15, 0.2) is 0 Å². The fourth-order valence-electron chi connectivity index (χ4n) is 2.23. The predicted molar refractivity (Wildman–Crippen MR) is 89.6 cm³/mol. The Morgan fingerprint density at radius 2 is 1.81 bits per heavy atom. The third kappa shape index (κ3) is 3.99. The summed E-state index contributed by atoms with van der Waals surface area (Å²) in [6.07, 6.45) is 0. The highest BCUT2D eigenvalue weighted by atomic mass is 35.5. The predicted octanol–water partition coefficient (Wildman–Crippen LogP) is 5.17. The van der Waals surface area contributed by atoms with Gasteiger partial charge in [0.25, 0.3) is 0 Å². The van der Waals surface area contributed by atoms with Crippen molar-refractivity contribution in [2.24, 2.45) is 0 Å². The van der Waals surface area contributed by atoms with Gasteiger partial charge in [-0.15, -0.1) is 0 Å². The standard InChI is InChI=1S/C18H22ClNO/c1-5-20-11-15-6-7-17(16(19)10-15)21-18-9-12(2)8-13(3)14(18)4/h6-10,20H,5,11H2,1-4H3. The molecule has 2 aromatic rings. The van der Waals surface area contributed by atoms with E-state index in [9.17, 15) is 0 Å². The largest absolute Gasteiger partial charge is 0.456 e. The Kier molecular flexibility index (Phi) is 5.27. The number of hydrogen-bond acceptors (Lipinski definition) is 2. The van der Waals surface area contributed by atoms with Gasteiger partial charge < -0.3 is 10.1 Å². The van der Waals surface area contributed by atoms with Crippen LogP contribution in [0.1, 0.15) is 29.2 Å². The van der Waals surface area contributed by atoms with Crippen LogP contribution >= 0.6 is 11.6 Å². The first-order chi connectivity index (χ1) is 10.0. The quantitative estimate of drug-likeness (QED) is 0.823. The van der Waals surface area contributed by atoms with Gasteiger partial charge in [-0.1, -0.05) is 30.7 Å². The Morgan fingerprint density at radius 3 is 2.48 bits per heavy atom. The fourth-order valence-corrected chi connectivity index (χ4v) is 2.47. The van der Waals surface area contributed by atoms with Crippen LogP contribution in [-0.2, 0) is 6.54 Å². The Balaban J connectivity index is 2.24. The van der Waals surface area contributed by atoms with Gasteiger partial charge >= 0.3 is 0 Å². The fraction of sp³-hybridized carbons (Fsp3) is 0.333. The van der Waals surface area contributed by atoms with E-state index in [1.807, 2.05) is 24.3 Å². The van der Waals surface area contributed by atoms with Crippen LogP contribution in [-0.4, -0.2) is 6.54 Å². The summed E-state index contributed by atoms with van der Waals surface area (Å²) in [6.45, 7) is 10.1. The second kappa shape index (κ2) is 6.97. The zero-order chi connectivity index (χ0) is 15.4. The van der Waals surface area contributed by atoms with E-state index in [-0.39, 0.29) is 0 Å². The molecule has 21 heavy (non-hydrogen) atoms. The average Bonchev–Trinajstić information content (AvgIpc) is 2.44. The Labute approximate surface area is 132 Å². The van der Waals surface area contributed by atoms with Crippen molar-refractivity contribution in [3.05, 3.63) is 57.6 Å². The first-order valence-corrected chi connectivity index (χ1v) is 7.64. The molecule has 0 aliphatic heterocycles. The summed E-state index contributed by atoms with van der Waals surface area (Å²) < 4.78 is 6.01. The molecule has 0 aromatic heterocycles. The van der Waals surface area contributed by atoms with Crippen molar-refractivity contribution in [1.82, 2.24) is 5.32 Å². The summed E-state index contributed by atoms with van der Waals surface area (Å²) in [5.74, 6) is 1.57. The molecule has 0 heterocycles. The Morgan fingerprint density at radius 1 is 1.05 bits per heavy atom. The lowest BCUT2D eigenvalue weighted by atomic mass is 10.1. The summed E-state index contributed by atoms with van der Waals surface area (Å²) in [7, 11) is 0. The molecular formula is C18H22ClNO. The van der Waals surface area contributed by atoms with Crippen molar-refractivity contribution >= 4 is 11.6 Å². The third-order valence-electron chi connectivity index (χ3n) is 3.56. The molecule has 2 nitrogen and oxygen atoms in total. The van der Waals surface area contributed by atoms with Crippen molar-refractivity contribution in [3.8, 4) is 11.5 Å². The van der Waals surface area contributed by atoms with E-state index in [2.05, 4.69) is 39.1 Å². The van der Waals surface area contributed by atoms with E-state index in [1.54, 1.807) is 0 Å². The van der Waals surface area contributed by atoms with Crippen LogP contribution in [0.2, 0.25) is 5.02 Å². The molecule has 112 valence electrons. The summed E-state index contributed by atoms with van der Waals surface area (Å²) in [6, 6.07) is 10.1. The number of benzene rings is 2. The minimum absolute atomic E-state index is 0.643. The summed E-state index contributed by atoms with van der Waals surface area (Å²) in [4.78, 5) is 0. The summed E-state index contributed by atoms with van der Waals surface area (Å²) in [5.41, 5.74) is 4.72. The molecule has 0 atom stereocenters. The van der Waals surface area contributed by atoms with E-state index < -0.39 is 0 Å². The number of rotatable bonds is 5. The molecule has 2 aromatic carbocycles. The zero-order valence-corrected chi connectivity index (χ0v) is 13.8. The topological polar surface area (TPSA) is 21.3 Å². The molecule has 0 spiro atoms. The number of nitrogens with one attached hydrogen (secondary N) is 1. The van der Waals surface area contributed by atoms with Crippen LogP contribution in [0.5, 0.6) is 11.5 Å². The van der Waals surface area contributed by atoms with Crippen LogP contribution in [0.4, 0.5) is 0 Å². The van der Waals surface area contributed by atoms with Crippen LogP contribution in [0.3, 0.4) is 0 Å². The molecule has 0 bridgehead atoms. The molecule has 0 amide bonds. The van der Waals surface area contributed by atoms with E-state index in [0.29, 0.717) is 10.8 Å². The monoisotopic (exact) mass is 303 g/mol. The number of ether oxygens (including phenoxy) is 1. The van der Waals surface area contributed by atoms with Gasteiger partial charge in [0, 0.05) is 6.54 Å². The molecule has 0 saturated carbocycles. The second-order valence-corrected chi connectivity index (χ2v) is 5.76. The highest BCUT2D eigenvalue weighted by Gasteiger charge is 2.08. The van der Waals surface area contributed by atoms with Gasteiger partial charge in [-0.2, -0.15) is 0 Å². The molecule has 0 aliphatic carbocycles. The maximum Gasteiger partial charge on any atom is 0.146 e. The summed E-state index contributed by atoms with van der Waals surface area (Å²) in [5, 5.41) is 3.93. The molecule has 0 radical (unpaired) electrons. The van der Waals surface area contributed by atoms with Crippen LogP contribution in [0.25, 0.3) is 0 Å². The van der Waals surface area contributed by atoms with Gasteiger partial charge in [-0.25, -0.2) is 0 Å². The average molecular weight is 304 g/mol. The van der Waals surface area contributed by atoms with Crippen molar-refractivity contribution in [2.45, 2.75) is 34.2 Å². The third-order valence-corrected chi connectivity index (χ3v) is 3.85. The molecule has 0 aliphatic rings. The number of aryl methyl sites for hydroxylation is 2. The van der Waals surface area contributed by atoms with Gasteiger partial charge in [-0.3, -0.25) is 0 Å². The van der Waals surface area contributed by atoms with Crippen molar-refractivity contribution < 1.29 is 4.74 Å². The van der Waals surface area contributed by atoms with Gasteiger partial charge in [0.05, 0.1) is 5.02 Å². The van der Waals surface area contributed by atoms with E-state index in [0.717, 1.165) is 30.0 Å². The van der Waals surface area contributed by atoms with Crippen LogP contribution in [0, 0.1) is 20.8 Å². The SMILES string of the molecule is CCNCc1ccc(Oc2cc(C)cc(C)c2C)c(Cl)c1. The van der Waals surface area contributed by atoms with Crippen molar-refractivity contribution in [1.29, 1.82) is 0 Å². The second-order valence-electron chi connectivity index (χ2n) is 5.35. The molecule has 1 N–H and O–H groups in total. The lowest BCUT2D eigenvalue weighted by Crippen LogP contribution is -2.11. The Hall–Kier alpha value is -1.51. The molecule has 2 rings (SSSR count). The molecule has 3 heteroatoms. The molecule has 0 saturated heterocycles. The van der Waals surface area contributed by atoms with Crippen molar-refractivity contribution in [3.63, 3.8) is 0 Å². The highest BCUT2D eigenvalue weighted by molar-refractivity contribution is 6.32. The first-order valence-electron chi connectivity index (χ1n) is 7.26. The number of halogens is 1. The maximum atomic E-state index is 6.34. The highest BCUT2D eigenvalue weighted by Crippen LogP contribution is 2.33. The zero-order valence-electron chi connectivity index (χ0n) is 13.1. The maximum absolute atomic E-state index is 6.34. The smallest absolute Gasteiger partial charge is 0.146 e. The van der Waals surface area contributed by atoms with E-state index in [4.69, 9.17) is 16.3 Å². The minimum Gasteiger partial charge on any atom is -0.456 e. The van der Waals surface area contributed by atoms with Crippen LogP contribution < -0.4 is 10.1 Å². The first kappa shape index (κ1) is 15.9. The molecule has 0 unspecified atom stereocenters. The van der Waals surface area contributed by atoms with E-state index in [1.165, 1.54) is 11.1 Å². The molecular weight excluding hydrogens is 282 g/mol. The van der Waals surface area contributed by atoms with Gasteiger partial charge in [0.1, 0.15) is 11.5 Å². The minimum atomic E-state index is 0.643. The summed E-state index contributed by atoms with van der Waals surface area (Å²) >= 11 is 6.34. The van der Waals surface area contributed by atoms with Gasteiger partial charge in [0.2, 0.25) is 0 Å². The van der Waals surface area contributed by atoms with Crippen LogP contribution in [0.15, 0.2) is 30.3 Å². The Bertz CT molecular complexity index is 637. The number of hydrogen-bond donors (Lipinski definition) is 1. The van der Waals surface area contributed by atoms with Gasteiger partial charge in [-0.05, 0) is 67.8 Å². The van der Waals surface area contributed by atoms with Crippen molar-refractivity contribution in [2.75, 3.05) is 6.54 Å². The molecule has 0 fully saturated rings. The van der Waals surface area contributed by atoms with E-state index >= 15 is 0 Å².